The minimum absolute atomic E-state index is 0.0247. The number of benzene rings is 2. The van der Waals surface area contributed by atoms with Crippen LogP contribution < -0.4 is 10.6 Å². The van der Waals surface area contributed by atoms with Crippen molar-refractivity contribution in [1.82, 2.24) is 24.8 Å². The number of nitrogens with one attached hydrogen (secondary N) is 2. The number of halogens is 4. The number of alkyl halides is 3. The Labute approximate surface area is 206 Å². The highest BCUT2D eigenvalue weighted by molar-refractivity contribution is 6.33. The second kappa shape index (κ2) is 9.27. The minimum Gasteiger partial charge on any atom is -0.308 e. The van der Waals surface area contributed by atoms with Gasteiger partial charge in [0.05, 0.1) is 22.0 Å². The molecule has 0 saturated heterocycles. The molecule has 3 heterocycles. The molecule has 5 aromatic rings. The van der Waals surface area contributed by atoms with Crippen LogP contribution in [0.2, 0.25) is 5.02 Å². The van der Waals surface area contributed by atoms with Crippen LogP contribution >= 0.6 is 11.6 Å². The standard InChI is InChI=1S/C24H15ClF3N7O/c25-18-5-4-16(24(26,27)28)13-20(18)31-23(36)30-17-3-1-2-15(12-17)19-6-7-21-32-33-22(35(21)34-19)14-8-10-29-11-9-14/h1-13H,(H2,30,31,36). The number of amides is 2. The smallest absolute Gasteiger partial charge is 0.308 e. The van der Waals surface area contributed by atoms with Gasteiger partial charge in [0.2, 0.25) is 0 Å². The summed E-state index contributed by atoms with van der Waals surface area (Å²) in [7, 11) is 0. The molecule has 0 aliphatic carbocycles. The van der Waals surface area contributed by atoms with E-state index < -0.39 is 17.8 Å². The number of urea groups is 1. The van der Waals surface area contributed by atoms with Crippen molar-refractivity contribution in [3.05, 3.63) is 89.7 Å². The first-order valence-corrected chi connectivity index (χ1v) is 10.8. The molecule has 0 fully saturated rings. The van der Waals surface area contributed by atoms with Crippen molar-refractivity contribution >= 4 is 34.7 Å². The van der Waals surface area contributed by atoms with Gasteiger partial charge in [0.25, 0.3) is 0 Å². The average Bonchev–Trinajstić information content (AvgIpc) is 3.29. The number of fused-ring (bicyclic) bond motifs is 1. The summed E-state index contributed by atoms with van der Waals surface area (Å²) in [5.74, 6) is 0.542. The molecule has 0 radical (unpaired) electrons. The first-order valence-electron chi connectivity index (χ1n) is 10.5. The lowest BCUT2D eigenvalue weighted by atomic mass is 10.1. The summed E-state index contributed by atoms with van der Waals surface area (Å²) in [5.41, 5.74) is 1.92. The van der Waals surface area contributed by atoms with Gasteiger partial charge in [-0.3, -0.25) is 4.98 Å². The highest BCUT2D eigenvalue weighted by Crippen LogP contribution is 2.34. The van der Waals surface area contributed by atoms with Crippen LogP contribution in [0.3, 0.4) is 0 Å². The lowest BCUT2D eigenvalue weighted by Crippen LogP contribution is -2.20. The molecule has 2 aromatic carbocycles. The van der Waals surface area contributed by atoms with E-state index >= 15 is 0 Å². The van der Waals surface area contributed by atoms with E-state index in [0.29, 0.717) is 28.4 Å². The minimum atomic E-state index is -4.57. The molecule has 0 atom stereocenters. The maximum absolute atomic E-state index is 13.0. The van der Waals surface area contributed by atoms with Crippen LogP contribution in [0.1, 0.15) is 5.56 Å². The van der Waals surface area contributed by atoms with Crippen LogP contribution in [-0.4, -0.2) is 30.8 Å². The fraction of sp³-hybridized carbons (Fsp3) is 0.0417. The maximum Gasteiger partial charge on any atom is 0.416 e. The van der Waals surface area contributed by atoms with Gasteiger partial charge in [0, 0.05) is 29.2 Å². The first kappa shape index (κ1) is 23.2. The molecule has 0 aliphatic rings. The molecule has 0 aliphatic heterocycles. The van der Waals surface area contributed by atoms with Gasteiger partial charge in [-0.25, -0.2) is 4.79 Å². The molecule has 2 amide bonds. The van der Waals surface area contributed by atoms with Crippen molar-refractivity contribution < 1.29 is 18.0 Å². The van der Waals surface area contributed by atoms with Crippen molar-refractivity contribution in [3.63, 3.8) is 0 Å². The van der Waals surface area contributed by atoms with Crippen molar-refractivity contribution in [1.29, 1.82) is 0 Å². The van der Waals surface area contributed by atoms with Gasteiger partial charge in [0.1, 0.15) is 0 Å². The molecule has 5 rings (SSSR count). The van der Waals surface area contributed by atoms with Crippen LogP contribution in [0.4, 0.5) is 29.3 Å². The maximum atomic E-state index is 13.0. The predicted octanol–water partition coefficient (Wildman–Crippen LogP) is 6.17. The highest BCUT2D eigenvalue weighted by atomic mass is 35.5. The molecule has 0 spiro atoms. The Morgan fingerprint density at radius 1 is 0.889 bits per heavy atom. The fourth-order valence-electron chi connectivity index (χ4n) is 3.46. The van der Waals surface area contributed by atoms with E-state index in [2.05, 4.69) is 30.9 Å². The van der Waals surface area contributed by atoms with Gasteiger partial charge in [-0.15, -0.1) is 10.2 Å². The number of anilines is 2. The van der Waals surface area contributed by atoms with Crippen LogP contribution in [0.5, 0.6) is 0 Å². The van der Waals surface area contributed by atoms with E-state index in [1.807, 2.05) is 0 Å². The van der Waals surface area contributed by atoms with Crippen LogP contribution in [0.15, 0.2) is 79.1 Å². The topological polar surface area (TPSA) is 97.1 Å². The van der Waals surface area contributed by atoms with Crippen LogP contribution in [-0.2, 0) is 6.18 Å². The van der Waals surface area contributed by atoms with Gasteiger partial charge < -0.3 is 10.6 Å². The zero-order valence-corrected chi connectivity index (χ0v) is 18.9. The zero-order chi connectivity index (χ0) is 25.3. The van der Waals surface area contributed by atoms with E-state index in [4.69, 9.17) is 11.6 Å². The Bertz CT molecular complexity index is 1570. The molecule has 0 bridgehead atoms. The first-order chi connectivity index (χ1) is 17.3. The lowest BCUT2D eigenvalue weighted by Gasteiger charge is -2.13. The second-order valence-corrected chi connectivity index (χ2v) is 8.01. The SMILES string of the molecule is O=C(Nc1cccc(-c2ccc3nnc(-c4ccncc4)n3n2)c1)Nc1cc(C(F)(F)F)ccc1Cl. The fourth-order valence-corrected chi connectivity index (χ4v) is 3.63. The molecule has 180 valence electrons. The normalized spacial score (nSPS) is 11.4. The third kappa shape index (κ3) is 4.82. The predicted molar refractivity (Wildman–Crippen MR) is 129 cm³/mol. The molecule has 36 heavy (non-hydrogen) atoms. The zero-order valence-electron chi connectivity index (χ0n) is 18.2. The summed E-state index contributed by atoms with van der Waals surface area (Å²) in [6.07, 6.45) is -1.28. The molecule has 0 unspecified atom stereocenters. The summed E-state index contributed by atoms with van der Waals surface area (Å²) in [4.78, 5) is 16.5. The lowest BCUT2D eigenvalue weighted by molar-refractivity contribution is -0.137. The van der Waals surface area contributed by atoms with Crippen molar-refractivity contribution in [2.75, 3.05) is 10.6 Å². The quantitative estimate of drug-likeness (QED) is 0.302. The number of aromatic nitrogens is 5. The molecule has 8 nitrogen and oxygen atoms in total. The summed E-state index contributed by atoms with van der Waals surface area (Å²) in [6.45, 7) is 0. The highest BCUT2D eigenvalue weighted by Gasteiger charge is 2.31. The monoisotopic (exact) mass is 509 g/mol. The number of carbonyl (C=O) groups excluding carboxylic acids is 1. The third-order valence-corrected chi connectivity index (χ3v) is 5.49. The molecule has 3 aromatic heterocycles. The number of carbonyl (C=O) groups is 1. The average molecular weight is 510 g/mol. The number of rotatable bonds is 4. The molecule has 12 heteroatoms. The van der Waals surface area contributed by atoms with Crippen molar-refractivity contribution in [2.45, 2.75) is 6.18 Å². The van der Waals surface area contributed by atoms with Gasteiger partial charge in [-0.05, 0) is 54.6 Å². The van der Waals surface area contributed by atoms with E-state index in [9.17, 15) is 18.0 Å². The van der Waals surface area contributed by atoms with E-state index in [1.54, 1.807) is 65.4 Å². The van der Waals surface area contributed by atoms with Crippen molar-refractivity contribution in [3.8, 4) is 22.6 Å². The van der Waals surface area contributed by atoms with Gasteiger partial charge >= 0.3 is 12.2 Å². The molecule has 2 N–H and O–H groups in total. The molecule has 0 saturated carbocycles. The Morgan fingerprint density at radius 2 is 1.69 bits per heavy atom. The van der Waals surface area contributed by atoms with Gasteiger partial charge in [0.15, 0.2) is 11.5 Å². The molecular weight excluding hydrogens is 495 g/mol. The van der Waals surface area contributed by atoms with Gasteiger partial charge in [-0.2, -0.15) is 22.8 Å². The third-order valence-electron chi connectivity index (χ3n) is 5.16. The van der Waals surface area contributed by atoms with Crippen molar-refractivity contribution in [2.24, 2.45) is 0 Å². The van der Waals surface area contributed by atoms with E-state index in [0.717, 1.165) is 23.8 Å². The summed E-state index contributed by atoms with van der Waals surface area (Å²) in [6, 6.07) is 15.9. The summed E-state index contributed by atoms with van der Waals surface area (Å²) >= 11 is 5.96. The Balaban J connectivity index is 1.38. The Morgan fingerprint density at radius 3 is 2.47 bits per heavy atom. The summed E-state index contributed by atoms with van der Waals surface area (Å²) < 4.78 is 40.6. The largest absolute Gasteiger partial charge is 0.416 e. The van der Waals surface area contributed by atoms with E-state index in [1.165, 1.54) is 0 Å². The Kier molecular flexibility index (Phi) is 5.98. The van der Waals surface area contributed by atoms with Crippen LogP contribution in [0.25, 0.3) is 28.3 Å². The Hall–Kier alpha value is -4.51. The second-order valence-electron chi connectivity index (χ2n) is 7.60. The van der Waals surface area contributed by atoms with E-state index in [-0.39, 0.29) is 10.7 Å². The number of hydrogen-bond donors (Lipinski definition) is 2. The number of hydrogen-bond acceptors (Lipinski definition) is 5. The molecular formula is C24H15ClF3N7O. The number of nitrogens with zero attached hydrogens (tertiary/aromatic N) is 5. The summed E-state index contributed by atoms with van der Waals surface area (Å²) in [5, 5.41) is 17.9. The van der Waals surface area contributed by atoms with Crippen LogP contribution in [0, 0.1) is 0 Å². The van der Waals surface area contributed by atoms with Gasteiger partial charge in [-0.1, -0.05) is 23.7 Å². The number of pyridine rings is 1.